The second-order valence-electron chi connectivity index (χ2n) is 3.42. The fourth-order valence-electron chi connectivity index (χ4n) is 1.07. The van der Waals surface area contributed by atoms with Gasteiger partial charge >= 0.3 is 6.03 Å². The standard InChI is InChI=1S/C10H16N2O2S/c1-7(6-13)12-10(14)11-5-9-4-3-8(2)15-9/h3-4,7,13H,5-6H2,1-2H3,(H2,11,12,14). The lowest BCUT2D eigenvalue weighted by Crippen LogP contribution is -2.41. The summed E-state index contributed by atoms with van der Waals surface area (Å²) in [6.45, 7) is 4.25. The molecule has 0 fully saturated rings. The highest BCUT2D eigenvalue weighted by molar-refractivity contribution is 7.11. The fourth-order valence-corrected chi connectivity index (χ4v) is 1.90. The number of thiophene rings is 1. The van der Waals surface area contributed by atoms with Gasteiger partial charge in [-0.2, -0.15) is 0 Å². The molecule has 3 N–H and O–H groups in total. The zero-order chi connectivity index (χ0) is 11.3. The number of nitrogens with one attached hydrogen (secondary N) is 2. The molecule has 0 aromatic carbocycles. The second-order valence-corrected chi connectivity index (χ2v) is 4.80. The van der Waals surface area contributed by atoms with Crippen LogP contribution in [-0.2, 0) is 6.54 Å². The van der Waals surface area contributed by atoms with E-state index >= 15 is 0 Å². The lowest BCUT2D eigenvalue weighted by atomic mass is 10.4. The quantitative estimate of drug-likeness (QED) is 0.726. The molecule has 1 rings (SSSR count). The summed E-state index contributed by atoms with van der Waals surface area (Å²) in [6.07, 6.45) is 0. The van der Waals surface area contributed by atoms with E-state index in [-0.39, 0.29) is 18.7 Å². The summed E-state index contributed by atoms with van der Waals surface area (Å²) in [5.41, 5.74) is 0. The van der Waals surface area contributed by atoms with Gasteiger partial charge in [0, 0.05) is 9.75 Å². The third kappa shape index (κ3) is 4.31. The largest absolute Gasteiger partial charge is 0.394 e. The fraction of sp³-hybridized carbons (Fsp3) is 0.500. The monoisotopic (exact) mass is 228 g/mol. The summed E-state index contributed by atoms with van der Waals surface area (Å²) in [5, 5.41) is 14.1. The Balaban J connectivity index is 2.28. The first kappa shape index (κ1) is 12.0. The highest BCUT2D eigenvalue weighted by Gasteiger charge is 2.05. The molecule has 1 unspecified atom stereocenters. The van der Waals surface area contributed by atoms with E-state index in [0.29, 0.717) is 6.54 Å². The minimum atomic E-state index is -0.248. The van der Waals surface area contributed by atoms with Gasteiger partial charge in [0.1, 0.15) is 0 Å². The maximum atomic E-state index is 11.3. The van der Waals surface area contributed by atoms with E-state index in [2.05, 4.69) is 10.6 Å². The molecule has 4 nitrogen and oxygen atoms in total. The maximum absolute atomic E-state index is 11.3. The first-order chi connectivity index (χ1) is 7.11. The van der Waals surface area contributed by atoms with Crippen LogP contribution in [0.4, 0.5) is 4.79 Å². The Bertz CT molecular complexity index is 325. The molecular formula is C10H16N2O2S. The average Bonchev–Trinajstić information content (AvgIpc) is 2.61. The van der Waals surface area contributed by atoms with Gasteiger partial charge in [0.2, 0.25) is 0 Å². The van der Waals surface area contributed by atoms with Gasteiger partial charge in [0.25, 0.3) is 0 Å². The first-order valence-electron chi connectivity index (χ1n) is 4.82. The van der Waals surface area contributed by atoms with Gasteiger partial charge in [0.15, 0.2) is 0 Å². The lowest BCUT2D eigenvalue weighted by molar-refractivity contribution is 0.220. The van der Waals surface area contributed by atoms with Gasteiger partial charge < -0.3 is 15.7 Å². The van der Waals surface area contributed by atoms with E-state index in [1.165, 1.54) is 4.88 Å². The number of rotatable bonds is 4. The predicted molar refractivity (Wildman–Crippen MR) is 61.0 cm³/mol. The van der Waals surface area contributed by atoms with Gasteiger partial charge in [-0.3, -0.25) is 0 Å². The summed E-state index contributed by atoms with van der Waals surface area (Å²) < 4.78 is 0. The van der Waals surface area contributed by atoms with Crippen LogP contribution in [-0.4, -0.2) is 23.8 Å². The predicted octanol–water partition coefficient (Wildman–Crippen LogP) is 1.24. The normalized spacial score (nSPS) is 12.2. The highest BCUT2D eigenvalue weighted by Crippen LogP contribution is 2.14. The Kier molecular flexibility index (Phi) is 4.58. The van der Waals surface area contributed by atoms with Crippen molar-refractivity contribution in [3.8, 4) is 0 Å². The van der Waals surface area contributed by atoms with Crippen molar-refractivity contribution in [2.45, 2.75) is 26.4 Å². The molecular weight excluding hydrogens is 212 g/mol. The Morgan fingerprint density at radius 1 is 1.60 bits per heavy atom. The van der Waals surface area contributed by atoms with Crippen LogP contribution in [0.15, 0.2) is 12.1 Å². The summed E-state index contributed by atoms with van der Waals surface area (Å²) in [5.74, 6) is 0. The van der Waals surface area contributed by atoms with E-state index in [0.717, 1.165) is 4.88 Å². The van der Waals surface area contributed by atoms with Gasteiger partial charge in [-0.1, -0.05) is 0 Å². The molecule has 0 saturated carbocycles. The number of aryl methyl sites for hydroxylation is 1. The van der Waals surface area contributed by atoms with Crippen molar-refractivity contribution in [1.29, 1.82) is 0 Å². The van der Waals surface area contributed by atoms with Gasteiger partial charge in [-0.25, -0.2) is 4.79 Å². The van der Waals surface area contributed by atoms with Crippen LogP contribution in [0.3, 0.4) is 0 Å². The Hall–Kier alpha value is -1.07. The van der Waals surface area contributed by atoms with Crippen molar-refractivity contribution in [2.75, 3.05) is 6.61 Å². The number of amides is 2. The number of aliphatic hydroxyl groups is 1. The number of hydrogen-bond acceptors (Lipinski definition) is 3. The van der Waals surface area contributed by atoms with Gasteiger partial charge in [0.05, 0.1) is 19.2 Å². The molecule has 0 saturated heterocycles. The van der Waals surface area contributed by atoms with Gasteiger partial charge in [-0.05, 0) is 26.0 Å². The van der Waals surface area contributed by atoms with Crippen LogP contribution in [0, 0.1) is 6.92 Å². The van der Waals surface area contributed by atoms with Crippen molar-refractivity contribution >= 4 is 17.4 Å². The van der Waals surface area contributed by atoms with Crippen LogP contribution < -0.4 is 10.6 Å². The van der Waals surface area contributed by atoms with E-state index in [4.69, 9.17) is 5.11 Å². The summed E-state index contributed by atoms with van der Waals surface area (Å²) in [4.78, 5) is 13.6. The zero-order valence-electron chi connectivity index (χ0n) is 8.91. The molecule has 0 bridgehead atoms. The second kappa shape index (κ2) is 5.72. The molecule has 0 spiro atoms. The molecule has 1 atom stereocenters. The molecule has 0 aliphatic carbocycles. The molecule has 0 aliphatic rings. The molecule has 84 valence electrons. The van der Waals surface area contributed by atoms with Crippen LogP contribution in [0.5, 0.6) is 0 Å². The Morgan fingerprint density at radius 2 is 2.33 bits per heavy atom. The van der Waals surface area contributed by atoms with Crippen molar-refractivity contribution < 1.29 is 9.90 Å². The molecule has 15 heavy (non-hydrogen) atoms. The van der Waals surface area contributed by atoms with Crippen LogP contribution >= 0.6 is 11.3 Å². The lowest BCUT2D eigenvalue weighted by Gasteiger charge is -2.11. The van der Waals surface area contributed by atoms with E-state index < -0.39 is 0 Å². The topological polar surface area (TPSA) is 61.4 Å². The smallest absolute Gasteiger partial charge is 0.315 e. The zero-order valence-corrected chi connectivity index (χ0v) is 9.73. The molecule has 1 aromatic heterocycles. The molecule has 0 radical (unpaired) electrons. The molecule has 0 aliphatic heterocycles. The first-order valence-corrected chi connectivity index (χ1v) is 5.64. The van der Waals surface area contributed by atoms with Crippen molar-refractivity contribution in [1.82, 2.24) is 10.6 Å². The van der Waals surface area contributed by atoms with Crippen LogP contribution in [0.1, 0.15) is 16.7 Å². The van der Waals surface area contributed by atoms with Crippen molar-refractivity contribution in [3.63, 3.8) is 0 Å². The van der Waals surface area contributed by atoms with E-state index in [1.54, 1.807) is 18.3 Å². The average molecular weight is 228 g/mol. The summed E-state index contributed by atoms with van der Waals surface area (Å²) >= 11 is 1.66. The molecule has 5 heteroatoms. The summed E-state index contributed by atoms with van der Waals surface area (Å²) in [7, 11) is 0. The van der Waals surface area contributed by atoms with Gasteiger partial charge in [-0.15, -0.1) is 11.3 Å². The third-order valence-electron chi connectivity index (χ3n) is 1.87. The van der Waals surface area contributed by atoms with E-state index in [1.807, 2.05) is 19.1 Å². The minimum absolute atomic E-state index is 0.0501. The number of aliphatic hydroxyl groups excluding tert-OH is 1. The van der Waals surface area contributed by atoms with E-state index in [9.17, 15) is 4.79 Å². The third-order valence-corrected chi connectivity index (χ3v) is 2.87. The van der Waals surface area contributed by atoms with Crippen LogP contribution in [0.25, 0.3) is 0 Å². The van der Waals surface area contributed by atoms with Crippen LogP contribution in [0.2, 0.25) is 0 Å². The number of urea groups is 1. The number of carbonyl (C=O) groups excluding carboxylic acids is 1. The maximum Gasteiger partial charge on any atom is 0.315 e. The molecule has 1 heterocycles. The van der Waals surface area contributed by atoms with Crippen molar-refractivity contribution in [3.05, 3.63) is 21.9 Å². The summed E-state index contributed by atoms with van der Waals surface area (Å²) in [6, 6.07) is 3.56. The Labute approximate surface area is 93.3 Å². The Morgan fingerprint density at radius 3 is 2.87 bits per heavy atom. The minimum Gasteiger partial charge on any atom is -0.394 e. The number of hydrogen-bond donors (Lipinski definition) is 3. The molecule has 1 aromatic rings. The highest BCUT2D eigenvalue weighted by atomic mass is 32.1. The SMILES string of the molecule is Cc1ccc(CNC(=O)NC(C)CO)s1. The number of carbonyl (C=O) groups is 1. The molecule has 2 amide bonds. The van der Waals surface area contributed by atoms with Crippen molar-refractivity contribution in [2.24, 2.45) is 0 Å².